The lowest BCUT2D eigenvalue weighted by Gasteiger charge is -2.34. The summed E-state index contributed by atoms with van der Waals surface area (Å²) < 4.78 is 7.18. The van der Waals surface area contributed by atoms with E-state index in [2.05, 4.69) is 0 Å². The Hall–Kier alpha value is -2.76. The van der Waals surface area contributed by atoms with Crippen LogP contribution in [-0.2, 0) is 18.4 Å². The molecule has 0 saturated carbocycles. The summed E-state index contributed by atoms with van der Waals surface area (Å²) in [6.07, 6.45) is 3.33. The van der Waals surface area contributed by atoms with Crippen molar-refractivity contribution < 1.29 is 14.3 Å². The average Bonchev–Trinajstić information content (AvgIpc) is 3.06. The standard InChI is InChI=1S/C18H21N3O3/c1-19-8-7-16(13-19)17(22)20-9-11-21(12-10-20)18(23)24-14-15-5-3-2-4-6-15/h2-8,13H,9-12,14H2,1H3. The van der Waals surface area contributed by atoms with Gasteiger partial charge in [-0.05, 0) is 11.6 Å². The second kappa shape index (κ2) is 7.21. The topological polar surface area (TPSA) is 54.8 Å². The van der Waals surface area contributed by atoms with Crippen LogP contribution in [0.15, 0.2) is 48.8 Å². The zero-order valence-corrected chi connectivity index (χ0v) is 13.7. The van der Waals surface area contributed by atoms with Crippen molar-refractivity contribution >= 4 is 12.0 Å². The van der Waals surface area contributed by atoms with Crippen LogP contribution >= 0.6 is 0 Å². The van der Waals surface area contributed by atoms with Crippen molar-refractivity contribution in [2.24, 2.45) is 7.05 Å². The van der Waals surface area contributed by atoms with Crippen LogP contribution in [0.1, 0.15) is 15.9 Å². The number of rotatable bonds is 3. The van der Waals surface area contributed by atoms with Gasteiger partial charge in [0.25, 0.3) is 5.91 Å². The van der Waals surface area contributed by atoms with Crippen LogP contribution in [0.2, 0.25) is 0 Å². The molecule has 0 aliphatic carbocycles. The number of hydrogen-bond acceptors (Lipinski definition) is 3. The molecule has 6 heteroatoms. The highest BCUT2D eigenvalue weighted by atomic mass is 16.6. The van der Waals surface area contributed by atoms with E-state index in [1.165, 1.54) is 0 Å². The molecule has 2 aromatic rings. The molecule has 1 aromatic carbocycles. The van der Waals surface area contributed by atoms with Crippen molar-refractivity contribution in [3.05, 3.63) is 59.9 Å². The average molecular weight is 327 g/mol. The van der Waals surface area contributed by atoms with Crippen LogP contribution < -0.4 is 0 Å². The molecule has 0 N–H and O–H groups in total. The van der Waals surface area contributed by atoms with Gasteiger partial charge in [-0.25, -0.2) is 4.79 Å². The van der Waals surface area contributed by atoms with Crippen molar-refractivity contribution in [1.29, 1.82) is 0 Å². The molecule has 0 bridgehead atoms. The molecule has 24 heavy (non-hydrogen) atoms. The fourth-order valence-corrected chi connectivity index (χ4v) is 2.72. The number of nitrogens with zero attached hydrogens (tertiary/aromatic N) is 3. The first kappa shape index (κ1) is 16.1. The Morgan fingerprint density at radius 3 is 2.29 bits per heavy atom. The molecule has 1 aliphatic rings. The van der Waals surface area contributed by atoms with Gasteiger partial charge >= 0.3 is 6.09 Å². The van der Waals surface area contributed by atoms with E-state index >= 15 is 0 Å². The molecular formula is C18H21N3O3. The van der Waals surface area contributed by atoms with Gasteiger partial charge in [-0.3, -0.25) is 4.79 Å². The fourth-order valence-electron chi connectivity index (χ4n) is 2.72. The molecule has 0 atom stereocenters. The molecular weight excluding hydrogens is 306 g/mol. The summed E-state index contributed by atoms with van der Waals surface area (Å²) in [7, 11) is 1.89. The number of piperazine rings is 1. The Labute approximate surface area is 141 Å². The predicted octanol–water partition coefficient (Wildman–Crippen LogP) is 2.12. The number of aromatic nitrogens is 1. The molecule has 0 radical (unpaired) electrons. The number of amides is 2. The van der Waals surface area contributed by atoms with E-state index in [0.29, 0.717) is 31.7 Å². The third kappa shape index (κ3) is 3.76. The molecule has 1 saturated heterocycles. The zero-order chi connectivity index (χ0) is 16.9. The molecule has 0 unspecified atom stereocenters. The normalized spacial score (nSPS) is 14.5. The van der Waals surface area contributed by atoms with Gasteiger partial charge in [0, 0.05) is 45.6 Å². The molecule has 2 amide bonds. The van der Waals surface area contributed by atoms with Gasteiger partial charge in [0.15, 0.2) is 0 Å². The number of benzene rings is 1. The molecule has 6 nitrogen and oxygen atoms in total. The Morgan fingerprint density at radius 1 is 1.00 bits per heavy atom. The molecule has 1 aromatic heterocycles. The molecule has 2 heterocycles. The monoisotopic (exact) mass is 327 g/mol. The van der Waals surface area contributed by atoms with Gasteiger partial charge in [-0.1, -0.05) is 30.3 Å². The first-order chi connectivity index (χ1) is 11.6. The van der Waals surface area contributed by atoms with Crippen molar-refractivity contribution in [3.63, 3.8) is 0 Å². The molecule has 3 rings (SSSR count). The highest BCUT2D eigenvalue weighted by molar-refractivity contribution is 5.94. The summed E-state index contributed by atoms with van der Waals surface area (Å²) in [5.41, 5.74) is 1.64. The van der Waals surface area contributed by atoms with E-state index in [1.54, 1.807) is 9.80 Å². The van der Waals surface area contributed by atoms with Crippen LogP contribution in [0, 0.1) is 0 Å². The van der Waals surface area contributed by atoms with E-state index in [-0.39, 0.29) is 18.6 Å². The third-order valence-corrected chi connectivity index (χ3v) is 4.11. The highest BCUT2D eigenvalue weighted by Crippen LogP contribution is 2.11. The van der Waals surface area contributed by atoms with Gasteiger partial charge < -0.3 is 19.1 Å². The number of hydrogen-bond donors (Lipinski definition) is 0. The minimum Gasteiger partial charge on any atom is -0.445 e. The summed E-state index contributed by atoms with van der Waals surface area (Å²) in [5, 5.41) is 0. The summed E-state index contributed by atoms with van der Waals surface area (Å²) in [4.78, 5) is 27.9. The minimum absolute atomic E-state index is 0.00732. The summed E-state index contributed by atoms with van der Waals surface area (Å²) in [6.45, 7) is 2.30. The van der Waals surface area contributed by atoms with E-state index in [1.807, 2.05) is 60.4 Å². The highest BCUT2D eigenvalue weighted by Gasteiger charge is 2.25. The molecule has 0 spiro atoms. The van der Waals surface area contributed by atoms with Crippen molar-refractivity contribution in [1.82, 2.24) is 14.4 Å². The van der Waals surface area contributed by atoms with Gasteiger partial charge in [0.1, 0.15) is 6.61 Å². The second-order valence-corrected chi connectivity index (χ2v) is 5.89. The van der Waals surface area contributed by atoms with E-state index in [0.717, 1.165) is 5.56 Å². The first-order valence-electron chi connectivity index (χ1n) is 8.00. The third-order valence-electron chi connectivity index (χ3n) is 4.11. The number of carbonyl (C=O) groups excluding carboxylic acids is 2. The Morgan fingerprint density at radius 2 is 1.67 bits per heavy atom. The van der Waals surface area contributed by atoms with Gasteiger partial charge in [-0.15, -0.1) is 0 Å². The lowest BCUT2D eigenvalue weighted by atomic mass is 10.2. The molecule has 1 fully saturated rings. The van der Waals surface area contributed by atoms with Crippen molar-refractivity contribution in [2.45, 2.75) is 6.61 Å². The van der Waals surface area contributed by atoms with Gasteiger partial charge in [0.2, 0.25) is 0 Å². The Balaban J connectivity index is 1.47. The SMILES string of the molecule is Cn1ccc(C(=O)N2CCN(C(=O)OCc3ccccc3)CC2)c1. The minimum atomic E-state index is -0.328. The van der Waals surface area contributed by atoms with E-state index in [9.17, 15) is 9.59 Å². The van der Waals surface area contributed by atoms with E-state index in [4.69, 9.17) is 4.74 Å². The van der Waals surface area contributed by atoms with Crippen molar-refractivity contribution in [2.75, 3.05) is 26.2 Å². The van der Waals surface area contributed by atoms with Crippen LogP contribution in [0.25, 0.3) is 0 Å². The number of carbonyl (C=O) groups is 2. The van der Waals surface area contributed by atoms with E-state index < -0.39 is 0 Å². The van der Waals surface area contributed by atoms with Crippen molar-refractivity contribution in [3.8, 4) is 0 Å². The summed E-state index contributed by atoms with van der Waals surface area (Å²) >= 11 is 0. The van der Waals surface area contributed by atoms with Crippen LogP contribution in [0.3, 0.4) is 0 Å². The maximum Gasteiger partial charge on any atom is 0.410 e. The smallest absolute Gasteiger partial charge is 0.410 e. The van der Waals surface area contributed by atoms with Crippen LogP contribution in [0.4, 0.5) is 4.79 Å². The Bertz CT molecular complexity index is 703. The molecule has 1 aliphatic heterocycles. The summed E-state index contributed by atoms with van der Waals surface area (Å²) in [5.74, 6) is 0.00732. The maximum atomic E-state index is 12.4. The fraction of sp³-hybridized carbons (Fsp3) is 0.333. The van der Waals surface area contributed by atoms with Gasteiger partial charge in [0.05, 0.1) is 5.56 Å². The maximum absolute atomic E-state index is 12.4. The summed E-state index contributed by atoms with van der Waals surface area (Å²) in [6, 6.07) is 11.4. The lowest BCUT2D eigenvalue weighted by Crippen LogP contribution is -2.50. The number of ether oxygens (including phenoxy) is 1. The second-order valence-electron chi connectivity index (χ2n) is 5.89. The van der Waals surface area contributed by atoms with Crippen LogP contribution in [-0.4, -0.2) is 52.5 Å². The zero-order valence-electron chi connectivity index (χ0n) is 13.7. The van der Waals surface area contributed by atoms with Gasteiger partial charge in [-0.2, -0.15) is 0 Å². The largest absolute Gasteiger partial charge is 0.445 e. The van der Waals surface area contributed by atoms with Crippen LogP contribution in [0.5, 0.6) is 0 Å². The molecule has 126 valence electrons. The Kier molecular flexibility index (Phi) is 4.84. The predicted molar refractivity (Wildman–Crippen MR) is 89.5 cm³/mol. The first-order valence-corrected chi connectivity index (χ1v) is 8.00. The lowest BCUT2D eigenvalue weighted by molar-refractivity contribution is 0.0544. The quantitative estimate of drug-likeness (QED) is 0.868. The number of aryl methyl sites for hydroxylation is 1.